The Morgan fingerprint density at radius 1 is 1.43 bits per heavy atom. The van der Waals surface area contributed by atoms with Crippen LogP contribution in [-0.2, 0) is 0 Å². The lowest BCUT2D eigenvalue weighted by atomic mass is 10.1. The van der Waals surface area contributed by atoms with Gasteiger partial charge < -0.3 is 9.52 Å². The number of hydrogen-bond donors (Lipinski definition) is 1. The number of thiazole rings is 1. The van der Waals surface area contributed by atoms with E-state index in [1.165, 1.54) is 15.9 Å². The number of aromatic nitrogens is 3. The zero-order chi connectivity index (χ0) is 16.4. The molecule has 0 aliphatic heterocycles. The van der Waals surface area contributed by atoms with E-state index in [0.717, 1.165) is 10.6 Å². The molecule has 0 saturated carbocycles. The Morgan fingerprint density at radius 2 is 2.17 bits per heavy atom. The number of hydrogen-bond acceptors (Lipinski definition) is 6. The van der Waals surface area contributed by atoms with E-state index in [-0.39, 0.29) is 11.9 Å². The van der Waals surface area contributed by atoms with Gasteiger partial charge in [0.15, 0.2) is 0 Å². The fraction of sp³-hybridized carbons (Fsp3) is 0.250. The van der Waals surface area contributed by atoms with Gasteiger partial charge in [-0.05, 0) is 19.1 Å². The Morgan fingerprint density at radius 3 is 2.74 bits per heavy atom. The average Bonchev–Trinajstić information content (AvgIpc) is 3.21. The molecule has 0 fully saturated rings. The van der Waals surface area contributed by atoms with Crippen LogP contribution in [0.1, 0.15) is 22.5 Å². The Hall–Kier alpha value is -2.38. The Bertz CT molecular complexity index is 809. The monoisotopic (exact) mass is 330 g/mol. The van der Waals surface area contributed by atoms with Crippen LogP contribution in [0, 0.1) is 6.92 Å². The van der Waals surface area contributed by atoms with E-state index in [2.05, 4.69) is 28.1 Å². The highest BCUT2D eigenvalue weighted by Gasteiger charge is 2.30. The SMILES string of the molecule is C=CCN(CC=C)C(c1ccco1)c1sc2nc(C)nn2c1O. The molecule has 1 unspecified atom stereocenters. The molecule has 7 heteroatoms. The summed E-state index contributed by atoms with van der Waals surface area (Å²) in [6.45, 7) is 10.7. The second-order valence-electron chi connectivity index (χ2n) is 5.09. The molecule has 0 radical (unpaired) electrons. The van der Waals surface area contributed by atoms with Crippen LogP contribution in [0.2, 0.25) is 0 Å². The van der Waals surface area contributed by atoms with Crippen molar-refractivity contribution >= 4 is 16.3 Å². The molecule has 0 aliphatic carbocycles. The van der Waals surface area contributed by atoms with Crippen LogP contribution in [0.25, 0.3) is 4.96 Å². The van der Waals surface area contributed by atoms with Gasteiger partial charge in [0.1, 0.15) is 17.6 Å². The summed E-state index contributed by atoms with van der Waals surface area (Å²) in [6.07, 6.45) is 5.26. The van der Waals surface area contributed by atoms with E-state index < -0.39 is 0 Å². The summed E-state index contributed by atoms with van der Waals surface area (Å²) in [6, 6.07) is 3.47. The third kappa shape index (κ3) is 2.80. The molecular formula is C16H18N4O2S. The third-order valence-corrected chi connectivity index (χ3v) is 4.53. The van der Waals surface area contributed by atoms with Crippen LogP contribution in [-0.4, -0.2) is 37.7 Å². The first-order valence-corrected chi connectivity index (χ1v) is 8.01. The van der Waals surface area contributed by atoms with Crippen molar-refractivity contribution in [1.82, 2.24) is 19.5 Å². The number of aromatic hydroxyl groups is 1. The second kappa shape index (κ2) is 6.39. The molecule has 0 amide bonds. The third-order valence-electron chi connectivity index (χ3n) is 3.46. The summed E-state index contributed by atoms with van der Waals surface area (Å²) < 4.78 is 7.07. The normalized spacial score (nSPS) is 12.8. The lowest BCUT2D eigenvalue weighted by Gasteiger charge is -2.27. The summed E-state index contributed by atoms with van der Waals surface area (Å²) in [7, 11) is 0. The number of nitrogens with zero attached hydrogens (tertiary/aromatic N) is 4. The van der Waals surface area contributed by atoms with Crippen molar-refractivity contribution in [3.63, 3.8) is 0 Å². The van der Waals surface area contributed by atoms with E-state index in [1.807, 2.05) is 24.3 Å². The summed E-state index contributed by atoms with van der Waals surface area (Å²) >= 11 is 1.40. The van der Waals surface area contributed by atoms with Gasteiger partial charge in [-0.25, -0.2) is 4.98 Å². The van der Waals surface area contributed by atoms with Gasteiger partial charge in [0.25, 0.3) is 0 Å². The second-order valence-corrected chi connectivity index (χ2v) is 6.10. The van der Waals surface area contributed by atoms with Gasteiger partial charge >= 0.3 is 0 Å². The predicted octanol–water partition coefficient (Wildman–Crippen LogP) is 3.16. The quantitative estimate of drug-likeness (QED) is 0.674. The molecule has 3 rings (SSSR count). The van der Waals surface area contributed by atoms with E-state index in [4.69, 9.17) is 4.42 Å². The molecule has 0 saturated heterocycles. The van der Waals surface area contributed by atoms with Crippen LogP contribution >= 0.6 is 11.3 Å². The highest BCUT2D eigenvalue weighted by Crippen LogP contribution is 2.39. The largest absolute Gasteiger partial charge is 0.492 e. The maximum atomic E-state index is 10.6. The molecule has 6 nitrogen and oxygen atoms in total. The van der Waals surface area contributed by atoms with Crippen LogP contribution in [0.4, 0.5) is 0 Å². The number of furan rings is 1. The molecule has 1 atom stereocenters. The molecule has 3 heterocycles. The molecular weight excluding hydrogens is 312 g/mol. The minimum absolute atomic E-state index is 0.0881. The van der Waals surface area contributed by atoms with Gasteiger partial charge in [-0.3, -0.25) is 4.90 Å². The van der Waals surface area contributed by atoms with E-state index in [0.29, 0.717) is 23.9 Å². The topological polar surface area (TPSA) is 66.8 Å². The predicted molar refractivity (Wildman–Crippen MR) is 89.8 cm³/mol. The van der Waals surface area contributed by atoms with Gasteiger partial charge in [-0.2, -0.15) is 4.52 Å². The molecule has 3 aromatic rings. The first-order chi connectivity index (χ1) is 11.2. The maximum absolute atomic E-state index is 10.6. The standard InChI is InChI=1S/C16H18N4O2S/c1-4-8-19(9-5-2)13(12-7-6-10-22-12)14-15(21)20-16(23-14)17-11(3)18-20/h4-7,10,13,21H,1-2,8-9H2,3H3. The first kappa shape index (κ1) is 15.5. The minimum atomic E-state index is -0.255. The van der Waals surface area contributed by atoms with Crippen LogP contribution in [0.3, 0.4) is 0 Å². The van der Waals surface area contributed by atoms with E-state index in [1.54, 1.807) is 13.2 Å². The van der Waals surface area contributed by atoms with Gasteiger partial charge in [0.05, 0.1) is 11.1 Å². The maximum Gasteiger partial charge on any atom is 0.230 e. The molecule has 1 N–H and O–H groups in total. The average molecular weight is 330 g/mol. The lowest BCUT2D eigenvalue weighted by Crippen LogP contribution is -2.29. The molecule has 120 valence electrons. The van der Waals surface area contributed by atoms with Crippen LogP contribution < -0.4 is 0 Å². The molecule has 0 aromatic carbocycles. The minimum Gasteiger partial charge on any atom is -0.492 e. The Kier molecular flexibility index (Phi) is 4.31. The van der Waals surface area contributed by atoms with Crippen molar-refractivity contribution in [1.29, 1.82) is 0 Å². The Labute approximate surface area is 138 Å². The van der Waals surface area contributed by atoms with Gasteiger partial charge in [-0.1, -0.05) is 23.5 Å². The zero-order valence-corrected chi connectivity index (χ0v) is 13.7. The zero-order valence-electron chi connectivity index (χ0n) is 12.8. The first-order valence-electron chi connectivity index (χ1n) is 7.20. The number of fused-ring (bicyclic) bond motifs is 1. The highest BCUT2D eigenvalue weighted by atomic mass is 32.1. The van der Waals surface area contributed by atoms with Gasteiger partial charge in [0.2, 0.25) is 10.8 Å². The smallest absolute Gasteiger partial charge is 0.230 e. The van der Waals surface area contributed by atoms with Crippen molar-refractivity contribution in [2.24, 2.45) is 0 Å². The van der Waals surface area contributed by atoms with Crippen molar-refractivity contribution in [2.75, 3.05) is 13.1 Å². The van der Waals surface area contributed by atoms with Gasteiger partial charge in [-0.15, -0.1) is 18.3 Å². The van der Waals surface area contributed by atoms with Crippen molar-refractivity contribution < 1.29 is 9.52 Å². The fourth-order valence-corrected chi connectivity index (χ4v) is 3.71. The number of aryl methyl sites for hydroxylation is 1. The molecule has 0 spiro atoms. The molecule has 23 heavy (non-hydrogen) atoms. The molecule has 0 aliphatic rings. The molecule has 0 bridgehead atoms. The van der Waals surface area contributed by atoms with Crippen molar-refractivity contribution in [2.45, 2.75) is 13.0 Å². The van der Waals surface area contributed by atoms with Gasteiger partial charge in [0, 0.05) is 13.1 Å². The van der Waals surface area contributed by atoms with E-state index in [9.17, 15) is 5.11 Å². The number of rotatable bonds is 7. The fourth-order valence-electron chi connectivity index (χ4n) is 2.56. The van der Waals surface area contributed by atoms with Crippen molar-refractivity contribution in [3.05, 3.63) is 60.2 Å². The van der Waals surface area contributed by atoms with E-state index >= 15 is 0 Å². The Balaban J connectivity index is 2.12. The summed E-state index contributed by atoms with van der Waals surface area (Å²) in [5.74, 6) is 1.46. The summed E-state index contributed by atoms with van der Waals surface area (Å²) in [5.41, 5.74) is 0. The highest BCUT2D eigenvalue weighted by molar-refractivity contribution is 7.17. The van der Waals surface area contributed by atoms with Crippen LogP contribution in [0.15, 0.2) is 48.1 Å². The van der Waals surface area contributed by atoms with Crippen molar-refractivity contribution in [3.8, 4) is 5.88 Å². The summed E-state index contributed by atoms with van der Waals surface area (Å²) in [4.78, 5) is 7.83. The van der Waals surface area contributed by atoms with Crippen LogP contribution in [0.5, 0.6) is 5.88 Å². The lowest BCUT2D eigenvalue weighted by molar-refractivity contribution is 0.244. The summed E-state index contributed by atoms with van der Waals surface area (Å²) in [5, 5.41) is 14.8. The molecule has 3 aromatic heterocycles.